The van der Waals surface area contributed by atoms with E-state index < -0.39 is 0 Å². The molecule has 2 aliphatic rings. The Bertz CT molecular complexity index is 420. The summed E-state index contributed by atoms with van der Waals surface area (Å²) < 4.78 is 0. The number of fused-ring (bicyclic) bond motifs is 2. The number of rotatable bonds is 3. The van der Waals surface area contributed by atoms with Crippen molar-refractivity contribution in [2.45, 2.75) is 38.3 Å². The fraction of sp³-hybridized carbons (Fsp3) is 0.571. The Balaban J connectivity index is 1.45. The molecule has 2 N–H and O–H groups in total. The maximum absolute atomic E-state index is 5.36. The molecule has 0 aliphatic heterocycles. The summed E-state index contributed by atoms with van der Waals surface area (Å²) in [5, 5.41) is 7.53. The Kier molecular flexibility index (Phi) is 3.46. The van der Waals surface area contributed by atoms with Crippen molar-refractivity contribution >= 4 is 17.3 Å². The number of hydrogen-bond donors (Lipinski definition) is 2. The van der Waals surface area contributed by atoms with E-state index in [-0.39, 0.29) is 0 Å². The van der Waals surface area contributed by atoms with Crippen LogP contribution in [0.5, 0.6) is 0 Å². The molecular weight excluding hydrogens is 242 g/mol. The fourth-order valence-corrected chi connectivity index (χ4v) is 3.55. The van der Waals surface area contributed by atoms with Gasteiger partial charge in [0.15, 0.2) is 5.11 Å². The summed E-state index contributed by atoms with van der Waals surface area (Å²) >= 11 is 5.36. The third-order valence-electron chi connectivity index (χ3n) is 4.23. The molecule has 0 spiro atoms. The molecule has 18 heavy (non-hydrogen) atoms. The molecule has 0 radical (unpaired) electrons. The second-order valence-corrected chi connectivity index (χ2v) is 5.88. The summed E-state index contributed by atoms with van der Waals surface area (Å²) in [5.41, 5.74) is 1.16. The van der Waals surface area contributed by atoms with Gasteiger partial charge >= 0.3 is 0 Å². The van der Waals surface area contributed by atoms with Crippen LogP contribution in [-0.2, 0) is 6.54 Å². The standard InChI is InChI=1S/C14H19N3S/c18-14(16-9-11-2-1-5-15-8-11)17-13-7-10-3-4-12(13)6-10/h1-2,5,8,10,12-13H,3-4,6-7,9H2,(H2,16,17,18)/t10-,12-,13-/m0/s1. The molecule has 3 nitrogen and oxygen atoms in total. The zero-order valence-electron chi connectivity index (χ0n) is 10.4. The highest BCUT2D eigenvalue weighted by Crippen LogP contribution is 2.44. The minimum Gasteiger partial charge on any atom is -0.360 e. The van der Waals surface area contributed by atoms with Crippen LogP contribution in [0.1, 0.15) is 31.2 Å². The van der Waals surface area contributed by atoms with Crippen molar-refractivity contribution in [3.05, 3.63) is 30.1 Å². The van der Waals surface area contributed by atoms with Crippen LogP contribution in [0.4, 0.5) is 0 Å². The van der Waals surface area contributed by atoms with Gasteiger partial charge in [-0.05, 0) is 54.9 Å². The molecule has 1 heterocycles. The Hall–Kier alpha value is -1.16. The molecular formula is C14H19N3S. The van der Waals surface area contributed by atoms with Gasteiger partial charge in [0.2, 0.25) is 0 Å². The molecule has 3 rings (SSSR count). The van der Waals surface area contributed by atoms with Crippen molar-refractivity contribution in [2.24, 2.45) is 11.8 Å². The van der Waals surface area contributed by atoms with Gasteiger partial charge in [0.05, 0.1) is 0 Å². The highest BCUT2D eigenvalue weighted by atomic mass is 32.1. The molecule has 0 amide bonds. The van der Waals surface area contributed by atoms with Gasteiger partial charge in [0.1, 0.15) is 0 Å². The SMILES string of the molecule is S=C(NCc1cccnc1)N[C@H]1C[C@H]2CC[C@H]1C2. The van der Waals surface area contributed by atoms with E-state index in [2.05, 4.69) is 21.7 Å². The monoisotopic (exact) mass is 261 g/mol. The van der Waals surface area contributed by atoms with Crippen molar-refractivity contribution in [1.82, 2.24) is 15.6 Å². The molecule has 2 fully saturated rings. The van der Waals surface area contributed by atoms with Gasteiger partial charge < -0.3 is 10.6 Å². The van der Waals surface area contributed by atoms with Gasteiger partial charge in [-0.1, -0.05) is 12.5 Å². The summed E-state index contributed by atoms with van der Waals surface area (Å²) in [6.45, 7) is 0.750. The smallest absolute Gasteiger partial charge is 0.166 e. The van der Waals surface area contributed by atoms with Crippen molar-refractivity contribution in [1.29, 1.82) is 0 Å². The average molecular weight is 261 g/mol. The number of nitrogens with zero attached hydrogens (tertiary/aromatic N) is 1. The van der Waals surface area contributed by atoms with E-state index in [1.165, 1.54) is 25.7 Å². The van der Waals surface area contributed by atoms with Crippen LogP contribution in [0.25, 0.3) is 0 Å². The minimum atomic E-state index is 0.609. The lowest BCUT2D eigenvalue weighted by molar-refractivity contribution is 0.389. The lowest BCUT2D eigenvalue weighted by Gasteiger charge is -2.24. The normalized spacial score (nSPS) is 29.2. The predicted octanol–water partition coefficient (Wildman–Crippen LogP) is 2.23. The zero-order valence-corrected chi connectivity index (χ0v) is 11.2. The zero-order chi connectivity index (χ0) is 12.4. The largest absolute Gasteiger partial charge is 0.360 e. The Morgan fingerprint density at radius 1 is 1.39 bits per heavy atom. The van der Waals surface area contributed by atoms with E-state index in [1.54, 1.807) is 6.20 Å². The molecule has 96 valence electrons. The van der Waals surface area contributed by atoms with Crippen LogP contribution in [0.2, 0.25) is 0 Å². The van der Waals surface area contributed by atoms with Crippen LogP contribution >= 0.6 is 12.2 Å². The van der Waals surface area contributed by atoms with Gasteiger partial charge in [-0.3, -0.25) is 4.98 Å². The van der Waals surface area contributed by atoms with Gasteiger partial charge in [-0.2, -0.15) is 0 Å². The summed E-state index contributed by atoms with van der Waals surface area (Å²) in [6.07, 6.45) is 9.18. The first kappa shape index (κ1) is 11.9. The van der Waals surface area contributed by atoms with Crippen molar-refractivity contribution in [3.63, 3.8) is 0 Å². The number of nitrogens with one attached hydrogen (secondary N) is 2. The van der Waals surface area contributed by atoms with Gasteiger partial charge in [-0.15, -0.1) is 0 Å². The summed E-state index contributed by atoms with van der Waals surface area (Å²) in [6, 6.07) is 4.61. The van der Waals surface area contributed by atoms with Crippen LogP contribution in [0.3, 0.4) is 0 Å². The lowest BCUT2D eigenvalue weighted by Crippen LogP contribution is -2.43. The van der Waals surface area contributed by atoms with E-state index in [0.717, 1.165) is 29.1 Å². The molecule has 3 atom stereocenters. The van der Waals surface area contributed by atoms with Crippen LogP contribution in [0.15, 0.2) is 24.5 Å². The topological polar surface area (TPSA) is 37.0 Å². The first-order valence-corrected chi connectivity index (χ1v) is 7.15. The lowest BCUT2D eigenvalue weighted by atomic mass is 9.96. The first-order chi connectivity index (χ1) is 8.81. The number of aromatic nitrogens is 1. The van der Waals surface area contributed by atoms with Gasteiger partial charge in [-0.25, -0.2) is 0 Å². The third kappa shape index (κ3) is 2.64. The Labute approximate surface area is 113 Å². The molecule has 2 bridgehead atoms. The highest BCUT2D eigenvalue weighted by Gasteiger charge is 2.39. The number of pyridine rings is 1. The van der Waals surface area contributed by atoms with Gasteiger partial charge in [0.25, 0.3) is 0 Å². The van der Waals surface area contributed by atoms with E-state index >= 15 is 0 Å². The Morgan fingerprint density at radius 3 is 3.00 bits per heavy atom. The second-order valence-electron chi connectivity index (χ2n) is 5.47. The first-order valence-electron chi connectivity index (χ1n) is 6.74. The molecule has 4 heteroatoms. The molecule has 2 saturated carbocycles. The second kappa shape index (κ2) is 5.22. The van der Waals surface area contributed by atoms with E-state index in [1.807, 2.05) is 12.3 Å². The maximum atomic E-state index is 5.36. The average Bonchev–Trinajstić information content (AvgIpc) is 3.00. The highest BCUT2D eigenvalue weighted by molar-refractivity contribution is 7.80. The number of thiocarbonyl (C=S) groups is 1. The maximum Gasteiger partial charge on any atom is 0.166 e. The Morgan fingerprint density at radius 2 is 2.33 bits per heavy atom. The predicted molar refractivity (Wildman–Crippen MR) is 76.0 cm³/mol. The van der Waals surface area contributed by atoms with Crippen LogP contribution in [0, 0.1) is 11.8 Å². The van der Waals surface area contributed by atoms with Crippen molar-refractivity contribution in [3.8, 4) is 0 Å². The quantitative estimate of drug-likeness (QED) is 0.818. The summed E-state index contributed by atoms with van der Waals surface area (Å²) in [7, 11) is 0. The van der Waals surface area contributed by atoms with Crippen molar-refractivity contribution in [2.75, 3.05) is 0 Å². The molecule has 0 saturated heterocycles. The molecule has 0 aromatic carbocycles. The summed E-state index contributed by atoms with van der Waals surface area (Å²) in [4.78, 5) is 4.09. The van der Waals surface area contributed by atoms with E-state index in [9.17, 15) is 0 Å². The number of hydrogen-bond acceptors (Lipinski definition) is 2. The van der Waals surface area contributed by atoms with E-state index in [4.69, 9.17) is 12.2 Å². The van der Waals surface area contributed by atoms with Gasteiger partial charge in [0, 0.05) is 25.0 Å². The van der Waals surface area contributed by atoms with Crippen molar-refractivity contribution < 1.29 is 0 Å². The van der Waals surface area contributed by atoms with Crippen LogP contribution in [-0.4, -0.2) is 16.1 Å². The minimum absolute atomic E-state index is 0.609. The summed E-state index contributed by atoms with van der Waals surface area (Å²) in [5.74, 6) is 1.81. The van der Waals surface area contributed by atoms with E-state index in [0.29, 0.717) is 6.04 Å². The third-order valence-corrected chi connectivity index (χ3v) is 4.49. The molecule has 1 aromatic heterocycles. The molecule has 1 aromatic rings. The molecule has 0 unspecified atom stereocenters. The molecule has 2 aliphatic carbocycles. The van der Waals surface area contributed by atoms with Crippen LogP contribution < -0.4 is 10.6 Å². The fourth-order valence-electron chi connectivity index (χ4n) is 3.33.